The van der Waals surface area contributed by atoms with Crippen molar-refractivity contribution in [1.29, 1.82) is 0 Å². The second-order valence-corrected chi connectivity index (χ2v) is 9.80. The van der Waals surface area contributed by atoms with Crippen molar-refractivity contribution in [2.75, 3.05) is 18.5 Å². The van der Waals surface area contributed by atoms with Gasteiger partial charge in [0, 0.05) is 23.6 Å². The van der Waals surface area contributed by atoms with Crippen molar-refractivity contribution in [2.24, 2.45) is 0 Å². The number of hydrogen-bond donors (Lipinski definition) is 2. The van der Waals surface area contributed by atoms with Gasteiger partial charge < -0.3 is 14.8 Å². The SMILES string of the molecule is Cc1cccc2c(NCc3ccccc3F)nc(CNS(=O)(=O)c3ccc4c(c3)OCCO4)nc12. The average Bonchev–Trinajstić information content (AvgIpc) is 2.87. The number of anilines is 1. The maximum Gasteiger partial charge on any atom is 0.241 e. The lowest BCUT2D eigenvalue weighted by Gasteiger charge is -2.19. The van der Waals surface area contributed by atoms with Gasteiger partial charge in [0.2, 0.25) is 10.0 Å². The van der Waals surface area contributed by atoms with E-state index in [-0.39, 0.29) is 29.6 Å². The number of ether oxygens (including phenoxy) is 2. The molecule has 1 aliphatic rings. The van der Waals surface area contributed by atoms with E-state index in [1.807, 2.05) is 25.1 Å². The van der Waals surface area contributed by atoms with Gasteiger partial charge in [-0.2, -0.15) is 0 Å². The van der Waals surface area contributed by atoms with Gasteiger partial charge in [-0.3, -0.25) is 0 Å². The fourth-order valence-electron chi connectivity index (χ4n) is 3.81. The largest absolute Gasteiger partial charge is 0.486 e. The Balaban J connectivity index is 1.41. The first kappa shape index (κ1) is 23.0. The number of sulfonamides is 1. The summed E-state index contributed by atoms with van der Waals surface area (Å²) < 4.78 is 53.5. The summed E-state index contributed by atoms with van der Waals surface area (Å²) in [4.78, 5) is 9.17. The van der Waals surface area contributed by atoms with E-state index in [2.05, 4.69) is 20.0 Å². The molecular formula is C25H23FN4O4S. The lowest BCUT2D eigenvalue weighted by Crippen LogP contribution is -2.25. The summed E-state index contributed by atoms with van der Waals surface area (Å²) in [6, 6.07) is 16.6. The monoisotopic (exact) mass is 494 g/mol. The molecule has 10 heteroatoms. The molecule has 180 valence electrons. The molecule has 0 unspecified atom stereocenters. The highest BCUT2D eigenvalue weighted by Crippen LogP contribution is 2.32. The first-order chi connectivity index (χ1) is 16.9. The van der Waals surface area contributed by atoms with E-state index in [1.165, 1.54) is 18.2 Å². The number of benzene rings is 3. The van der Waals surface area contributed by atoms with E-state index in [4.69, 9.17) is 9.47 Å². The lowest BCUT2D eigenvalue weighted by atomic mass is 10.1. The van der Waals surface area contributed by atoms with Crippen molar-refractivity contribution in [3.8, 4) is 11.5 Å². The van der Waals surface area contributed by atoms with Crippen LogP contribution in [0.4, 0.5) is 10.2 Å². The van der Waals surface area contributed by atoms with Crippen LogP contribution in [0, 0.1) is 12.7 Å². The highest BCUT2D eigenvalue weighted by Gasteiger charge is 2.20. The van der Waals surface area contributed by atoms with E-state index < -0.39 is 10.0 Å². The van der Waals surface area contributed by atoms with Crippen molar-refractivity contribution >= 4 is 26.7 Å². The van der Waals surface area contributed by atoms with E-state index in [0.717, 1.165) is 10.9 Å². The van der Waals surface area contributed by atoms with Crippen molar-refractivity contribution in [1.82, 2.24) is 14.7 Å². The third kappa shape index (κ3) is 4.89. The minimum absolute atomic E-state index is 0.0524. The van der Waals surface area contributed by atoms with E-state index >= 15 is 0 Å². The van der Waals surface area contributed by atoms with Gasteiger partial charge in [-0.25, -0.2) is 27.5 Å². The molecule has 1 aromatic heterocycles. The number of rotatable bonds is 7. The van der Waals surface area contributed by atoms with Crippen molar-refractivity contribution in [3.63, 3.8) is 0 Å². The van der Waals surface area contributed by atoms with Gasteiger partial charge in [-0.05, 0) is 36.8 Å². The van der Waals surface area contributed by atoms with Crippen LogP contribution < -0.4 is 19.5 Å². The first-order valence-electron chi connectivity index (χ1n) is 11.0. The van der Waals surface area contributed by atoms with Crippen molar-refractivity contribution < 1.29 is 22.3 Å². The molecule has 0 saturated carbocycles. The molecule has 8 nitrogen and oxygen atoms in total. The lowest BCUT2D eigenvalue weighted by molar-refractivity contribution is 0.171. The zero-order chi connectivity index (χ0) is 24.4. The second kappa shape index (κ2) is 9.47. The molecule has 0 fully saturated rings. The molecule has 0 amide bonds. The van der Waals surface area contributed by atoms with Crippen LogP contribution in [0.3, 0.4) is 0 Å². The Hall–Kier alpha value is -3.76. The summed E-state index contributed by atoms with van der Waals surface area (Å²) in [5, 5.41) is 3.94. The Morgan fingerprint density at radius 1 is 0.943 bits per heavy atom. The Morgan fingerprint density at radius 2 is 1.74 bits per heavy atom. The molecule has 1 aliphatic heterocycles. The van der Waals surface area contributed by atoms with Crippen LogP contribution in [0.15, 0.2) is 65.6 Å². The maximum atomic E-state index is 14.1. The molecule has 0 atom stereocenters. The molecule has 35 heavy (non-hydrogen) atoms. The maximum absolute atomic E-state index is 14.1. The van der Waals surface area contributed by atoms with Gasteiger partial charge in [0.05, 0.1) is 17.0 Å². The number of aryl methyl sites for hydroxylation is 1. The molecule has 0 aliphatic carbocycles. The summed E-state index contributed by atoms with van der Waals surface area (Å²) >= 11 is 0. The summed E-state index contributed by atoms with van der Waals surface area (Å²) in [6.45, 7) is 2.78. The molecule has 2 heterocycles. The molecule has 0 bridgehead atoms. The molecule has 2 N–H and O–H groups in total. The normalized spacial score (nSPS) is 13.1. The fraction of sp³-hybridized carbons (Fsp3) is 0.200. The fourth-order valence-corrected chi connectivity index (χ4v) is 4.81. The summed E-state index contributed by atoms with van der Waals surface area (Å²) in [5.41, 5.74) is 2.09. The van der Waals surface area contributed by atoms with Crippen LogP contribution in [0.1, 0.15) is 17.0 Å². The standard InChI is InChI=1S/C25H23FN4O4S/c1-16-5-4-7-19-24(16)29-23(30-25(19)27-14-17-6-2-3-8-20(17)26)15-28-35(31,32)18-9-10-21-22(13-18)34-12-11-33-21/h2-10,13,28H,11-12,14-15H2,1H3,(H,27,29,30). The van der Waals surface area contributed by atoms with Crippen molar-refractivity contribution in [2.45, 2.75) is 24.9 Å². The molecular weight excluding hydrogens is 471 g/mol. The van der Waals surface area contributed by atoms with Crippen LogP contribution in [-0.2, 0) is 23.1 Å². The molecule has 0 radical (unpaired) electrons. The van der Waals surface area contributed by atoms with E-state index in [0.29, 0.717) is 41.6 Å². The van der Waals surface area contributed by atoms with Gasteiger partial charge >= 0.3 is 0 Å². The van der Waals surface area contributed by atoms with E-state index in [9.17, 15) is 12.8 Å². The number of hydrogen-bond acceptors (Lipinski definition) is 7. The van der Waals surface area contributed by atoms with Crippen LogP contribution in [0.2, 0.25) is 0 Å². The Kier molecular flexibility index (Phi) is 6.23. The summed E-state index contributed by atoms with van der Waals surface area (Å²) in [6.07, 6.45) is 0. The smallest absolute Gasteiger partial charge is 0.241 e. The van der Waals surface area contributed by atoms with Gasteiger partial charge in [0.15, 0.2) is 11.5 Å². The molecule has 3 aromatic carbocycles. The van der Waals surface area contributed by atoms with Crippen LogP contribution >= 0.6 is 0 Å². The average molecular weight is 495 g/mol. The number of nitrogens with one attached hydrogen (secondary N) is 2. The van der Waals surface area contributed by atoms with Gasteiger partial charge in [0.1, 0.15) is 30.7 Å². The summed E-state index contributed by atoms with van der Waals surface area (Å²) in [7, 11) is -3.86. The molecule has 5 rings (SSSR count). The summed E-state index contributed by atoms with van der Waals surface area (Å²) in [5.74, 6) is 1.35. The van der Waals surface area contributed by atoms with Crippen LogP contribution in [0.25, 0.3) is 10.9 Å². The quantitative estimate of drug-likeness (QED) is 0.401. The Labute approximate surface area is 202 Å². The van der Waals surface area contributed by atoms with Crippen LogP contribution in [-0.4, -0.2) is 31.6 Å². The van der Waals surface area contributed by atoms with Crippen LogP contribution in [0.5, 0.6) is 11.5 Å². The number of nitrogens with zero attached hydrogens (tertiary/aromatic N) is 2. The highest BCUT2D eigenvalue weighted by molar-refractivity contribution is 7.89. The number of fused-ring (bicyclic) bond motifs is 2. The molecule has 0 saturated heterocycles. The number of para-hydroxylation sites is 1. The predicted octanol–water partition coefficient (Wildman–Crippen LogP) is 3.94. The minimum atomic E-state index is -3.86. The molecule has 0 spiro atoms. The Bertz CT molecular complexity index is 1510. The third-order valence-electron chi connectivity index (χ3n) is 5.62. The minimum Gasteiger partial charge on any atom is -0.486 e. The van der Waals surface area contributed by atoms with E-state index in [1.54, 1.807) is 24.3 Å². The number of halogens is 1. The zero-order valence-electron chi connectivity index (χ0n) is 18.9. The Morgan fingerprint density at radius 3 is 2.57 bits per heavy atom. The number of aromatic nitrogens is 2. The predicted molar refractivity (Wildman–Crippen MR) is 129 cm³/mol. The van der Waals surface area contributed by atoms with Gasteiger partial charge in [-0.15, -0.1) is 0 Å². The second-order valence-electron chi connectivity index (χ2n) is 8.03. The first-order valence-corrected chi connectivity index (χ1v) is 12.5. The van der Waals surface area contributed by atoms with Crippen molar-refractivity contribution in [3.05, 3.63) is 83.4 Å². The third-order valence-corrected chi connectivity index (χ3v) is 7.02. The highest BCUT2D eigenvalue weighted by atomic mass is 32.2. The zero-order valence-corrected chi connectivity index (χ0v) is 19.7. The van der Waals surface area contributed by atoms with Gasteiger partial charge in [0.25, 0.3) is 0 Å². The topological polar surface area (TPSA) is 102 Å². The van der Waals surface area contributed by atoms with Gasteiger partial charge in [-0.1, -0.05) is 30.3 Å². The molecule has 4 aromatic rings.